The Labute approximate surface area is 105 Å². The number of carbonyl (C=O) groups excluding carboxylic acids is 1. The van der Waals surface area contributed by atoms with Gasteiger partial charge in [-0.15, -0.1) is 0 Å². The molecule has 1 aromatic rings. The summed E-state index contributed by atoms with van der Waals surface area (Å²) in [5.41, 5.74) is 0.761. The van der Waals surface area contributed by atoms with Crippen molar-refractivity contribution in [1.29, 1.82) is 0 Å². The summed E-state index contributed by atoms with van der Waals surface area (Å²) in [5, 5.41) is 9.25. The summed E-state index contributed by atoms with van der Waals surface area (Å²) >= 11 is 0. The molecule has 0 aliphatic rings. The van der Waals surface area contributed by atoms with Gasteiger partial charge in [0.2, 0.25) is 5.91 Å². The molecule has 0 aliphatic heterocycles. The number of nitrogens with zero attached hydrogens (tertiary/aromatic N) is 1. The Morgan fingerprint density at radius 2 is 2.06 bits per heavy atom. The Kier molecular flexibility index (Phi) is 4.42. The van der Waals surface area contributed by atoms with E-state index < -0.39 is 17.8 Å². The maximum absolute atomic E-state index is 13.2. The highest BCUT2D eigenvalue weighted by Crippen LogP contribution is 2.23. The molecule has 0 saturated heterocycles. The number of hydrogen-bond acceptors (Lipinski definition) is 2. The van der Waals surface area contributed by atoms with Gasteiger partial charge in [0.25, 0.3) is 0 Å². The molecule has 1 unspecified atom stereocenters. The molecule has 98 valence electrons. The van der Waals surface area contributed by atoms with Crippen LogP contribution in [0, 0.1) is 12.7 Å². The van der Waals surface area contributed by atoms with Crippen LogP contribution in [0.4, 0.5) is 4.39 Å². The molecule has 1 amide bonds. The van der Waals surface area contributed by atoms with E-state index in [1.807, 2.05) is 0 Å². The number of aryl methyl sites for hydroxylation is 1. The third-order valence-electron chi connectivity index (χ3n) is 2.79. The van der Waals surface area contributed by atoms with Crippen LogP contribution in [0.2, 0.25) is 0 Å². The molecule has 0 spiro atoms. The predicted molar refractivity (Wildman–Crippen MR) is 64.6 cm³/mol. The molecular formula is C13H16FNO3. The summed E-state index contributed by atoms with van der Waals surface area (Å²) in [6, 6.07) is 2.99. The lowest BCUT2D eigenvalue weighted by Gasteiger charge is -2.27. The zero-order valence-electron chi connectivity index (χ0n) is 10.6. The van der Waals surface area contributed by atoms with Crippen molar-refractivity contribution in [2.45, 2.75) is 26.8 Å². The van der Waals surface area contributed by atoms with E-state index in [0.717, 1.165) is 0 Å². The number of carboxylic acids is 1. The highest BCUT2D eigenvalue weighted by Gasteiger charge is 2.28. The number of halogens is 1. The lowest BCUT2D eigenvalue weighted by atomic mass is 10.0. The fourth-order valence-corrected chi connectivity index (χ4v) is 1.88. The monoisotopic (exact) mass is 253 g/mol. The molecule has 1 rings (SSSR count). The largest absolute Gasteiger partial charge is 0.479 e. The second-order valence-electron chi connectivity index (χ2n) is 4.05. The maximum Gasteiger partial charge on any atom is 0.331 e. The second kappa shape index (κ2) is 5.62. The van der Waals surface area contributed by atoms with Crippen LogP contribution in [0.15, 0.2) is 18.2 Å². The number of hydrogen-bond donors (Lipinski definition) is 1. The summed E-state index contributed by atoms with van der Waals surface area (Å²) in [6.45, 7) is 4.86. The van der Waals surface area contributed by atoms with E-state index in [9.17, 15) is 19.1 Å². The molecule has 1 atom stereocenters. The summed E-state index contributed by atoms with van der Waals surface area (Å²) in [7, 11) is 0. The van der Waals surface area contributed by atoms with Crippen LogP contribution in [0.1, 0.15) is 31.0 Å². The molecule has 4 nitrogen and oxygen atoms in total. The van der Waals surface area contributed by atoms with Crippen LogP contribution in [-0.2, 0) is 9.59 Å². The first-order chi connectivity index (χ1) is 8.38. The standard InChI is InChI=1S/C13H16FNO3/c1-4-15(9(3)16)12(13(17)18)10-5-6-11(14)8(2)7-10/h5-7,12H,4H2,1-3H3,(H,17,18). The van der Waals surface area contributed by atoms with Crippen molar-refractivity contribution >= 4 is 11.9 Å². The molecule has 0 aliphatic carbocycles. The lowest BCUT2D eigenvalue weighted by Crippen LogP contribution is -2.37. The van der Waals surface area contributed by atoms with Crippen molar-refractivity contribution in [2.24, 2.45) is 0 Å². The lowest BCUT2D eigenvalue weighted by molar-refractivity contribution is -0.149. The molecular weight excluding hydrogens is 237 g/mol. The number of carbonyl (C=O) groups is 2. The highest BCUT2D eigenvalue weighted by atomic mass is 19.1. The average Bonchev–Trinajstić information content (AvgIpc) is 2.28. The summed E-state index contributed by atoms with van der Waals surface area (Å²) in [6.07, 6.45) is 0. The van der Waals surface area contributed by atoms with E-state index in [2.05, 4.69) is 0 Å². The van der Waals surface area contributed by atoms with Crippen LogP contribution in [0.3, 0.4) is 0 Å². The first-order valence-electron chi connectivity index (χ1n) is 5.64. The normalized spacial score (nSPS) is 12.0. The Morgan fingerprint density at radius 3 is 2.44 bits per heavy atom. The molecule has 0 fully saturated rings. The fraction of sp³-hybridized carbons (Fsp3) is 0.385. The Hall–Kier alpha value is -1.91. The molecule has 5 heteroatoms. The van der Waals surface area contributed by atoms with Gasteiger partial charge >= 0.3 is 5.97 Å². The quantitative estimate of drug-likeness (QED) is 0.894. The molecule has 18 heavy (non-hydrogen) atoms. The topological polar surface area (TPSA) is 57.6 Å². The van der Waals surface area contributed by atoms with E-state index in [1.165, 1.54) is 30.0 Å². The van der Waals surface area contributed by atoms with Crippen molar-refractivity contribution in [3.05, 3.63) is 35.1 Å². The first-order valence-corrected chi connectivity index (χ1v) is 5.64. The first kappa shape index (κ1) is 14.2. The number of amides is 1. The number of likely N-dealkylation sites (N-methyl/N-ethyl adjacent to an activating group) is 1. The summed E-state index contributed by atoms with van der Waals surface area (Å²) in [4.78, 5) is 24.0. The molecule has 0 saturated carbocycles. The molecule has 0 heterocycles. The van der Waals surface area contributed by atoms with Gasteiger partial charge in [0.15, 0.2) is 6.04 Å². The molecule has 1 aromatic carbocycles. The van der Waals surface area contributed by atoms with Gasteiger partial charge in [0.1, 0.15) is 5.82 Å². The SMILES string of the molecule is CCN(C(C)=O)C(C(=O)O)c1ccc(F)c(C)c1. The zero-order chi connectivity index (χ0) is 13.9. The van der Waals surface area contributed by atoms with Crippen LogP contribution in [0.25, 0.3) is 0 Å². The van der Waals surface area contributed by atoms with Crippen LogP contribution in [-0.4, -0.2) is 28.4 Å². The highest BCUT2D eigenvalue weighted by molar-refractivity contribution is 5.83. The van der Waals surface area contributed by atoms with Crippen LogP contribution in [0.5, 0.6) is 0 Å². The second-order valence-corrected chi connectivity index (χ2v) is 4.05. The minimum atomic E-state index is -1.13. The molecule has 0 bridgehead atoms. The Bertz CT molecular complexity index is 473. The van der Waals surface area contributed by atoms with Crippen molar-refractivity contribution in [2.75, 3.05) is 6.54 Å². The zero-order valence-corrected chi connectivity index (χ0v) is 10.6. The number of aliphatic carboxylic acids is 1. The van der Waals surface area contributed by atoms with Gasteiger partial charge in [-0.05, 0) is 31.0 Å². The van der Waals surface area contributed by atoms with E-state index in [4.69, 9.17) is 0 Å². The van der Waals surface area contributed by atoms with Gasteiger partial charge in [0, 0.05) is 13.5 Å². The van der Waals surface area contributed by atoms with Gasteiger partial charge < -0.3 is 10.0 Å². The Balaban J connectivity index is 3.23. The van der Waals surface area contributed by atoms with E-state index in [1.54, 1.807) is 13.8 Å². The predicted octanol–water partition coefficient (Wildman–Crippen LogP) is 2.13. The molecule has 0 aromatic heterocycles. The van der Waals surface area contributed by atoms with Crippen molar-refractivity contribution in [1.82, 2.24) is 4.90 Å². The van der Waals surface area contributed by atoms with Crippen molar-refractivity contribution < 1.29 is 19.1 Å². The van der Waals surface area contributed by atoms with Crippen molar-refractivity contribution in [3.63, 3.8) is 0 Å². The van der Waals surface area contributed by atoms with Gasteiger partial charge in [-0.2, -0.15) is 0 Å². The average molecular weight is 253 g/mol. The number of carboxylic acid groups (broad SMARTS) is 1. The minimum Gasteiger partial charge on any atom is -0.479 e. The molecule has 0 radical (unpaired) electrons. The number of benzene rings is 1. The van der Waals surface area contributed by atoms with Crippen LogP contribution >= 0.6 is 0 Å². The van der Waals surface area contributed by atoms with Gasteiger partial charge in [-0.25, -0.2) is 9.18 Å². The van der Waals surface area contributed by atoms with Gasteiger partial charge in [-0.1, -0.05) is 12.1 Å². The fourth-order valence-electron chi connectivity index (χ4n) is 1.88. The smallest absolute Gasteiger partial charge is 0.331 e. The minimum absolute atomic E-state index is 0.280. The van der Waals surface area contributed by atoms with Crippen LogP contribution < -0.4 is 0 Å². The summed E-state index contributed by atoms with van der Waals surface area (Å²) < 4.78 is 13.2. The van der Waals surface area contributed by atoms with Gasteiger partial charge in [0.05, 0.1) is 0 Å². The third-order valence-corrected chi connectivity index (χ3v) is 2.79. The van der Waals surface area contributed by atoms with E-state index in [0.29, 0.717) is 11.1 Å². The Morgan fingerprint density at radius 1 is 1.44 bits per heavy atom. The maximum atomic E-state index is 13.2. The van der Waals surface area contributed by atoms with E-state index >= 15 is 0 Å². The summed E-state index contributed by atoms with van der Waals surface area (Å²) in [5.74, 6) is -1.85. The third kappa shape index (κ3) is 2.85. The molecule has 1 N–H and O–H groups in total. The van der Waals surface area contributed by atoms with Crippen molar-refractivity contribution in [3.8, 4) is 0 Å². The number of rotatable bonds is 4. The van der Waals surface area contributed by atoms with Gasteiger partial charge in [-0.3, -0.25) is 4.79 Å². The van der Waals surface area contributed by atoms with E-state index in [-0.39, 0.29) is 12.5 Å².